The summed E-state index contributed by atoms with van der Waals surface area (Å²) >= 11 is 0. The molecule has 4 heteroatoms. The van der Waals surface area contributed by atoms with Crippen LogP contribution in [0.15, 0.2) is 4.52 Å². The molecule has 0 saturated heterocycles. The van der Waals surface area contributed by atoms with Crippen molar-refractivity contribution in [3.8, 4) is 0 Å². The van der Waals surface area contributed by atoms with Crippen LogP contribution in [0.4, 0.5) is 0 Å². The molecule has 0 bridgehead atoms. The van der Waals surface area contributed by atoms with Crippen LogP contribution < -0.4 is 5.32 Å². The lowest BCUT2D eigenvalue weighted by atomic mass is 10.0. The number of aryl methyl sites for hydroxylation is 1. The van der Waals surface area contributed by atoms with E-state index < -0.39 is 0 Å². The van der Waals surface area contributed by atoms with Crippen molar-refractivity contribution >= 4 is 0 Å². The minimum atomic E-state index is 0.403. The van der Waals surface area contributed by atoms with Crippen molar-refractivity contribution in [1.29, 1.82) is 0 Å². The Balaban J connectivity index is 2.55. The molecule has 1 aromatic rings. The van der Waals surface area contributed by atoms with Gasteiger partial charge in [0.15, 0.2) is 5.82 Å². The zero-order valence-electron chi connectivity index (χ0n) is 10.1. The van der Waals surface area contributed by atoms with Gasteiger partial charge in [0.1, 0.15) is 0 Å². The second-order valence-electron chi connectivity index (χ2n) is 4.20. The van der Waals surface area contributed by atoms with Gasteiger partial charge in [-0.2, -0.15) is 4.98 Å². The van der Waals surface area contributed by atoms with Crippen LogP contribution in [0.3, 0.4) is 0 Å². The van der Waals surface area contributed by atoms with Gasteiger partial charge in [0, 0.05) is 18.9 Å². The summed E-state index contributed by atoms with van der Waals surface area (Å²) in [4.78, 5) is 4.35. The van der Waals surface area contributed by atoms with E-state index in [0.29, 0.717) is 12.0 Å². The van der Waals surface area contributed by atoms with E-state index in [0.717, 1.165) is 31.0 Å². The third kappa shape index (κ3) is 3.63. The van der Waals surface area contributed by atoms with Crippen LogP contribution in [0.5, 0.6) is 0 Å². The Morgan fingerprint density at radius 2 is 2.13 bits per heavy atom. The Morgan fingerprint density at radius 1 is 1.40 bits per heavy atom. The molecule has 1 aromatic heterocycles. The van der Waals surface area contributed by atoms with Gasteiger partial charge in [-0.25, -0.2) is 0 Å². The molecule has 0 saturated carbocycles. The van der Waals surface area contributed by atoms with E-state index in [9.17, 15) is 0 Å². The van der Waals surface area contributed by atoms with Gasteiger partial charge in [-0.05, 0) is 19.4 Å². The van der Waals surface area contributed by atoms with Crippen molar-refractivity contribution in [3.05, 3.63) is 11.7 Å². The number of likely N-dealkylation sites (N-methyl/N-ethyl adjacent to an activating group) is 1. The molecule has 1 atom stereocenters. The van der Waals surface area contributed by atoms with Crippen LogP contribution in [0.25, 0.3) is 0 Å². The van der Waals surface area contributed by atoms with E-state index in [1.807, 2.05) is 7.05 Å². The average molecular weight is 211 g/mol. The molecular weight excluding hydrogens is 190 g/mol. The van der Waals surface area contributed by atoms with Crippen LogP contribution in [0, 0.1) is 5.92 Å². The maximum Gasteiger partial charge on any atom is 0.228 e. The molecule has 1 N–H and O–H groups in total. The first-order chi connectivity index (χ1) is 7.17. The highest BCUT2D eigenvalue weighted by Crippen LogP contribution is 2.09. The predicted octanol–water partition coefficient (Wildman–Crippen LogP) is 1.81. The van der Waals surface area contributed by atoms with Gasteiger partial charge >= 0.3 is 0 Å². The van der Waals surface area contributed by atoms with Crippen molar-refractivity contribution in [1.82, 2.24) is 15.5 Å². The molecule has 0 aliphatic rings. The Bertz CT molecular complexity index is 283. The summed E-state index contributed by atoms with van der Waals surface area (Å²) in [6, 6.07) is 0.403. The average Bonchev–Trinajstić information content (AvgIpc) is 2.62. The molecule has 1 heterocycles. The first-order valence-electron chi connectivity index (χ1n) is 5.66. The molecule has 15 heavy (non-hydrogen) atoms. The zero-order valence-corrected chi connectivity index (χ0v) is 10.1. The second kappa shape index (κ2) is 5.85. The molecule has 0 radical (unpaired) electrons. The molecule has 0 amide bonds. The third-order valence-electron chi connectivity index (χ3n) is 2.55. The fourth-order valence-electron chi connectivity index (χ4n) is 1.56. The highest BCUT2D eigenvalue weighted by Gasteiger charge is 2.15. The Kier molecular flexibility index (Phi) is 4.75. The fourth-order valence-corrected chi connectivity index (χ4v) is 1.56. The van der Waals surface area contributed by atoms with Crippen molar-refractivity contribution < 1.29 is 4.52 Å². The Morgan fingerprint density at radius 3 is 2.67 bits per heavy atom. The third-order valence-corrected chi connectivity index (χ3v) is 2.55. The van der Waals surface area contributed by atoms with Gasteiger partial charge < -0.3 is 9.84 Å². The van der Waals surface area contributed by atoms with Gasteiger partial charge in [0.25, 0.3) is 0 Å². The number of hydrogen-bond acceptors (Lipinski definition) is 4. The van der Waals surface area contributed by atoms with Crippen molar-refractivity contribution in [2.75, 3.05) is 7.05 Å². The van der Waals surface area contributed by atoms with Gasteiger partial charge in [-0.1, -0.05) is 25.9 Å². The summed E-state index contributed by atoms with van der Waals surface area (Å²) in [5, 5.41) is 7.20. The van der Waals surface area contributed by atoms with E-state index in [1.165, 1.54) is 0 Å². The van der Waals surface area contributed by atoms with Crippen molar-refractivity contribution in [3.63, 3.8) is 0 Å². The maximum atomic E-state index is 5.20. The first-order valence-corrected chi connectivity index (χ1v) is 5.66. The van der Waals surface area contributed by atoms with Gasteiger partial charge in [0.2, 0.25) is 5.89 Å². The van der Waals surface area contributed by atoms with E-state index in [1.54, 1.807) is 0 Å². The van der Waals surface area contributed by atoms with E-state index in [2.05, 4.69) is 36.2 Å². The monoisotopic (exact) mass is 211 g/mol. The number of rotatable bonds is 6. The smallest absolute Gasteiger partial charge is 0.228 e. The predicted molar refractivity (Wildman–Crippen MR) is 59.7 cm³/mol. The summed E-state index contributed by atoms with van der Waals surface area (Å²) in [6.07, 6.45) is 2.76. The summed E-state index contributed by atoms with van der Waals surface area (Å²) in [7, 11) is 1.97. The van der Waals surface area contributed by atoms with Crippen LogP contribution in [-0.2, 0) is 12.8 Å². The molecule has 0 spiro atoms. The van der Waals surface area contributed by atoms with Crippen LogP contribution >= 0.6 is 0 Å². The van der Waals surface area contributed by atoms with Gasteiger partial charge in [-0.3, -0.25) is 0 Å². The van der Waals surface area contributed by atoms with Crippen LogP contribution in [0.2, 0.25) is 0 Å². The molecule has 0 aromatic carbocycles. The molecule has 1 rings (SSSR count). The number of nitrogens with one attached hydrogen (secondary N) is 1. The first kappa shape index (κ1) is 12.2. The summed E-state index contributed by atoms with van der Waals surface area (Å²) in [5.41, 5.74) is 0. The number of hydrogen-bond donors (Lipinski definition) is 1. The molecular formula is C11H21N3O. The van der Waals surface area contributed by atoms with E-state index >= 15 is 0 Å². The van der Waals surface area contributed by atoms with E-state index in [4.69, 9.17) is 4.52 Å². The highest BCUT2D eigenvalue weighted by atomic mass is 16.5. The molecule has 0 aliphatic heterocycles. The quantitative estimate of drug-likeness (QED) is 0.779. The lowest BCUT2D eigenvalue weighted by Crippen LogP contribution is -2.32. The molecule has 1 unspecified atom stereocenters. The molecule has 86 valence electrons. The zero-order chi connectivity index (χ0) is 11.3. The van der Waals surface area contributed by atoms with Gasteiger partial charge in [0.05, 0.1) is 0 Å². The van der Waals surface area contributed by atoms with Crippen molar-refractivity contribution in [2.24, 2.45) is 5.92 Å². The lowest BCUT2D eigenvalue weighted by molar-refractivity contribution is 0.333. The number of aromatic nitrogens is 2. The SMILES string of the molecule is CCCc1noc(CC(NC)C(C)C)n1. The summed E-state index contributed by atoms with van der Waals surface area (Å²) < 4.78 is 5.20. The fraction of sp³-hybridized carbons (Fsp3) is 0.818. The normalized spacial score (nSPS) is 13.4. The van der Waals surface area contributed by atoms with E-state index in [-0.39, 0.29) is 0 Å². The minimum Gasteiger partial charge on any atom is -0.339 e. The number of nitrogens with zero attached hydrogens (tertiary/aromatic N) is 2. The highest BCUT2D eigenvalue weighted by molar-refractivity contribution is 4.90. The standard InChI is InChI=1S/C11H21N3O/c1-5-6-10-13-11(15-14-10)7-9(12-4)8(2)3/h8-9,12H,5-7H2,1-4H3. The van der Waals surface area contributed by atoms with Crippen LogP contribution in [-0.4, -0.2) is 23.2 Å². The largest absolute Gasteiger partial charge is 0.339 e. The topological polar surface area (TPSA) is 51.0 Å². The Labute approximate surface area is 91.5 Å². The lowest BCUT2D eigenvalue weighted by Gasteiger charge is -2.17. The molecule has 4 nitrogen and oxygen atoms in total. The van der Waals surface area contributed by atoms with Gasteiger partial charge in [-0.15, -0.1) is 0 Å². The second-order valence-corrected chi connectivity index (χ2v) is 4.20. The maximum absolute atomic E-state index is 5.20. The summed E-state index contributed by atoms with van der Waals surface area (Å²) in [6.45, 7) is 6.48. The Hall–Kier alpha value is -0.900. The molecule has 0 aliphatic carbocycles. The summed E-state index contributed by atoms with van der Waals surface area (Å²) in [5.74, 6) is 2.13. The molecule has 0 fully saturated rings. The minimum absolute atomic E-state index is 0.403. The van der Waals surface area contributed by atoms with Crippen molar-refractivity contribution in [2.45, 2.75) is 46.1 Å². The van der Waals surface area contributed by atoms with Crippen LogP contribution in [0.1, 0.15) is 38.9 Å².